The number of halogens is 4. The maximum absolute atomic E-state index is 14.6. The van der Waals surface area contributed by atoms with Crippen molar-refractivity contribution in [1.82, 2.24) is 14.8 Å². The largest absolute Gasteiger partial charge is 0.433 e. The Hall–Kier alpha value is -3.86. The molecule has 0 unspecified atom stereocenters. The molecule has 0 aliphatic heterocycles. The van der Waals surface area contributed by atoms with Gasteiger partial charge in [-0.2, -0.15) is 8.78 Å². The second-order valence-corrected chi connectivity index (χ2v) is 7.76. The topological polar surface area (TPSA) is 69.0 Å². The van der Waals surface area contributed by atoms with Gasteiger partial charge in [-0.05, 0) is 24.3 Å². The molecule has 1 aromatic heterocycles. The molecule has 1 amide bonds. The number of para-hydroxylation sites is 2. The van der Waals surface area contributed by atoms with Crippen molar-refractivity contribution >= 4 is 23.4 Å². The molecule has 1 heterocycles. The summed E-state index contributed by atoms with van der Waals surface area (Å²) >= 11 is 0.945. The van der Waals surface area contributed by atoms with Gasteiger partial charge in [0.05, 0.1) is 17.1 Å². The second-order valence-electron chi connectivity index (χ2n) is 6.81. The van der Waals surface area contributed by atoms with Crippen LogP contribution in [-0.4, -0.2) is 33.0 Å². The summed E-state index contributed by atoms with van der Waals surface area (Å²) in [4.78, 5) is 12.5. The molecule has 174 valence electrons. The van der Waals surface area contributed by atoms with E-state index in [1.165, 1.54) is 28.8 Å². The van der Waals surface area contributed by atoms with Crippen molar-refractivity contribution < 1.29 is 27.1 Å². The van der Waals surface area contributed by atoms with Crippen molar-refractivity contribution in [2.24, 2.45) is 0 Å². The number of carbonyl (C=O) groups excluding carboxylic acids is 1. The Labute approximate surface area is 195 Å². The van der Waals surface area contributed by atoms with Crippen molar-refractivity contribution in [1.29, 1.82) is 0 Å². The van der Waals surface area contributed by atoms with Crippen LogP contribution in [0.25, 0.3) is 17.1 Å². The summed E-state index contributed by atoms with van der Waals surface area (Å²) in [6.07, 6.45) is 0. The van der Waals surface area contributed by atoms with E-state index in [9.17, 15) is 22.4 Å². The first-order valence-electron chi connectivity index (χ1n) is 9.85. The summed E-state index contributed by atoms with van der Waals surface area (Å²) in [6, 6.07) is 17.7. The van der Waals surface area contributed by atoms with E-state index in [0.717, 1.165) is 23.9 Å². The van der Waals surface area contributed by atoms with E-state index in [0.29, 0.717) is 11.4 Å². The lowest BCUT2D eigenvalue weighted by Crippen LogP contribution is -2.16. The Kier molecular flexibility index (Phi) is 7.12. The SMILES string of the molecule is O=C(CSc1nnc(-c2ccccc2)n1-c1ccc(F)cc1F)Nc1ccccc1OC(F)F. The minimum atomic E-state index is -3.05. The number of carbonyl (C=O) groups is 1. The van der Waals surface area contributed by atoms with Gasteiger partial charge in [0.2, 0.25) is 5.91 Å². The highest BCUT2D eigenvalue weighted by Gasteiger charge is 2.20. The van der Waals surface area contributed by atoms with Crippen LogP contribution in [-0.2, 0) is 4.79 Å². The highest BCUT2D eigenvalue weighted by Crippen LogP contribution is 2.30. The second kappa shape index (κ2) is 10.4. The molecule has 0 aliphatic rings. The van der Waals surface area contributed by atoms with Gasteiger partial charge in [0.1, 0.15) is 17.4 Å². The zero-order valence-electron chi connectivity index (χ0n) is 17.3. The highest BCUT2D eigenvalue weighted by atomic mass is 32.2. The van der Waals surface area contributed by atoms with Crippen molar-refractivity contribution in [3.63, 3.8) is 0 Å². The summed E-state index contributed by atoms with van der Waals surface area (Å²) in [6.45, 7) is -3.05. The van der Waals surface area contributed by atoms with E-state index in [4.69, 9.17) is 0 Å². The number of thioether (sulfide) groups is 1. The molecule has 0 radical (unpaired) electrons. The first-order valence-corrected chi connectivity index (χ1v) is 10.8. The molecule has 3 aromatic carbocycles. The van der Waals surface area contributed by atoms with Crippen LogP contribution >= 0.6 is 11.8 Å². The number of aromatic nitrogens is 3. The lowest BCUT2D eigenvalue weighted by Gasteiger charge is -2.13. The van der Waals surface area contributed by atoms with Gasteiger partial charge in [0, 0.05) is 11.6 Å². The smallest absolute Gasteiger partial charge is 0.387 e. The summed E-state index contributed by atoms with van der Waals surface area (Å²) in [7, 11) is 0. The Morgan fingerprint density at radius 3 is 2.47 bits per heavy atom. The van der Waals surface area contributed by atoms with Gasteiger partial charge in [0.25, 0.3) is 0 Å². The van der Waals surface area contributed by atoms with Crippen LogP contribution in [0.3, 0.4) is 0 Å². The summed E-state index contributed by atoms with van der Waals surface area (Å²) < 4.78 is 59.1. The summed E-state index contributed by atoms with van der Waals surface area (Å²) in [5.41, 5.74) is 0.710. The van der Waals surface area contributed by atoms with Crippen LogP contribution < -0.4 is 10.1 Å². The third kappa shape index (κ3) is 5.37. The van der Waals surface area contributed by atoms with Crippen molar-refractivity contribution in [2.75, 3.05) is 11.1 Å². The monoisotopic (exact) mass is 488 g/mol. The molecule has 4 aromatic rings. The number of benzene rings is 3. The first-order chi connectivity index (χ1) is 16.4. The zero-order chi connectivity index (χ0) is 24.1. The molecule has 0 atom stereocenters. The quantitative estimate of drug-likeness (QED) is 0.260. The van der Waals surface area contributed by atoms with Crippen LogP contribution in [0.15, 0.2) is 78.0 Å². The number of ether oxygens (including phenoxy) is 1. The number of anilines is 1. The predicted molar refractivity (Wildman–Crippen MR) is 119 cm³/mol. The number of nitrogens with one attached hydrogen (secondary N) is 1. The Morgan fingerprint density at radius 1 is 1.00 bits per heavy atom. The minimum absolute atomic E-state index is 0.00356. The van der Waals surface area contributed by atoms with Gasteiger partial charge >= 0.3 is 6.61 Å². The van der Waals surface area contributed by atoms with Gasteiger partial charge in [-0.1, -0.05) is 54.2 Å². The molecule has 0 fully saturated rings. The summed E-state index contributed by atoms with van der Waals surface area (Å²) in [5.74, 6) is -2.19. The molecule has 0 spiro atoms. The first kappa shape index (κ1) is 23.3. The van der Waals surface area contributed by atoms with Gasteiger partial charge in [-0.15, -0.1) is 10.2 Å². The number of hydrogen-bond acceptors (Lipinski definition) is 5. The lowest BCUT2D eigenvalue weighted by atomic mass is 10.2. The van der Waals surface area contributed by atoms with Crippen molar-refractivity contribution in [2.45, 2.75) is 11.8 Å². The summed E-state index contributed by atoms with van der Waals surface area (Å²) in [5, 5.41) is 10.9. The molecule has 4 rings (SSSR count). The van der Waals surface area contributed by atoms with Crippen LogP contribution in [0, 0.1) is 11.6 Å². The fraction of sp³-hybridized carbons (Fsp3) is 0.0870. The third-order valence-electron chi connectivity index (χ3n) is 4.53. The van der Waals surface area contributed by atoms with Crippen LogP contribution in [0.1, 0.15) is 0 Å². The molecule has 34 heavy (non-hydrogen) atoms. The number of alkyl halides is 2. The molecule has 6 nitrogen and oxygen atoms in total. The van der Waals surface area contributed by atoms with Gasteiger partial charge < -0.3 is 10.1 Å². The van der Waals surface area contributed by atoms with Crippen molar-refractivity contribution in [3.8, 4) is 22.8 Å². The van der Waals surface area contributed by atoms with E-state index < -0.39 is 24.2 Å². The van der Waals surface area contributed by atoms with Crippen LogP contribution in [0.5, 0.6) is 5.75 Å². The predicted octanol–water partition coefficient (Wildman–Crippen LogP) is 5.54. The van der Waals surface area contributed by atoms with E-state index in [-0.39, 0.29) is 28.0 Å². The van der Waals surface area contributed by atoms with Crippen molar-refractivity contribution in [3.05, 3.63) is 84.4 Å². The van der Waals surface area contributed by atoms with Gasteiger partial charge in [-0.3, -0.25) is 9.36 Å². The maximum atomic E-state index is 14.6. The fourth-order valence-electron chi connectivity index (χ4n) is 3.10. The normalized spacial score (nSPS) is 11.0. The van der Waals surface area contributed by atoms with Crippen LogP contribution in [0.2, 0.25) is 0 Å². The average Bonchev–Trinajstić information content (AvgIpc) is 3.23. The number of hydrogen-bond donors (Lipinski definition) is 1. The lowest BCUT2D eigenvalue weighted by molar-refractivity contribution is -0.113. The Morgan fingerprint density at radius 2 is 1.74 bits per heavy atom. The van der Waals surface area contributed by atoms with E-state index in [2.05, 4.69) is 20.3 Å². The Bertz CT molecular complexity index is 1300. The zero-order valence-corrected chi connectivity index (χ0v) is 18.1. The fourth-order valence-corrected chi connectivity index (χ4v) is 3.85. The number of nitrogens with zero attached hydrogens (tertiary/aromatic N) is 3. The molecular weight excluding hydrogens is 472 g/mol. The van der Waals surface area contributed by atoms with E-state index >= 15 is 0 Å². The molecule has 11 heteroatoms. The standard InChI is InChI=1S/C23H16F4N4O2S/c24-15-10-11-18(16(25)12-15)31-21(14-6-2-1-3-7-14)29-30-23(31)34-13-20(32)28-17-8-4-5-9-19(17)33-22(26)27/h1-12,22H,13H2,(H,28,32). The third-order valence-corrected chi connectivity index (χ3v) is 5.45. The van der Waals surface area contributed by atoms with Gasteiger partial charge in [0.15, 0.2) is 11.0 Å². The van der Waals surface area contributed by atoms with E-state index in [1.807, 2.05) is 0 Å². The average molecular weight is 488 g/mol. The molecule has 1 N–H and O–H groups in total. The van der Waals surface area contributed by atoms with Gasteiger partial charge in [-0.25, -0.2) is 8.78 Å². The minimum Gasteiger partial charge on any atom is -0.433 e. The highest BCUT2D eigenvalue weighted by molar-refractivity contribution is 7.99. The number of amides is 1. The molecule has 0 bridgehead atoms. The molecule has 0 aliphatic carbocycles. The Balaban J connectivity index is 1.59. The molecule has 0 saturated heterocycles. The maximum Gasteiger partial charge on any atom is 0.387 e. The van der Waals surface area contributed by atoms with Crippen LogP contribution in [0.4, 0.5) is 23.2 Å². The van der Waals surface area contributed by atoms with E-state index in [1.54, 1.807) is 36.4 Å². The number of rotatable bonds is 8. The molecular formula is C23H16F4N4O2S. The molecule has 0 saturated carbocycles.